The van der Waals surface area contributed by atoms with Gasteiger partial charge in [-0.05, 0) is 49.9 Å². The fourth-order valence-corrected chi connectivity index (χ4v) is 3.53. The highest BCUT2D eigenvalue weighted by Crippen LogP contribution is 2.26. The minimum atomic E-state index is -3.50. The van der Waals surface area contributed by atoms with Crippen LogP contribution in [0.3, 0.4) is 0 Å². The van der Waals surface area contributed by atoms with Crippen LogP contribution in [-0.4, -0.2) is 27.7 Å². The molecule has 1 saturated carbocycles. The molecule has 1 aliphatic carbocycles. The van der Waals surface area contributed by atoms with Crippen LogP contribution in [0.25, 0.3) is 0 Å². The van der Waals surface area contributed by atoms with E-state index in [4.69, 9.17) is 10.5 Å². The lowest BCUT2D eigenvalue weighted by atomic mass is 9.90. The number of nitrogens with two attached hydrogens (primary N) is 1. The normalized spacial score (nSPS) is 23.1. The average Bonchev–Trinajstić information content (AvgIpc) is 2.29. The van der Waals surface area contributed by atoms with Crippen LogP contribution in [0, 0.1) is 13.8 Å². The van der Waals surface area contributed by atoms with Gasteiger partial charge >= 0.3 is 0 Å². The van der Waals surface area contributed by atoms with Gasteiger partial charge in [0.2, 0.25) is 10.0 Å². The summed E-state index contributed by atoms with van der Waals surface area (Å²) in [5, 5.41) is 0. The largest absolute Gasteiger partial charge is 0.398 e. The number of rotatable bonds is 4. The van der Waals surface area contributed by atoms with E-state index in [0.717, 1.165) is 24.0 Å². The van der Waals surface area contributed by atoms with Crippen molar-refractivity contribution in [3.05, 3.63) is 23.3 Å². The maximum absolute atomic E-state index is 12.2. The summed E-state index contributed by atoms with van der Waals surface area (Å²) in [4.78, 5) is 0.231. The van der Waals surface area contributed by atoms with Gasteiger partial charge in [0, 0.05) is 18.8 Å². The highest BCUT2D eigenvalue weighted by atomic mass is 32.2. The maximum atomic E-state index is 12.2. The number of nitrogens with one attached hydrogen (secondary N) is 1. The molecule has 106 valence electrons. The lowest BCUT2D eigenvalue weighted by Crippen LogP contribution is -2.47. The number of anilines is 1. The third-order valence-corrected chi connectivity index (χ3v) is 5.24. The summed E-state index contributed by atoms with van der Waals surface area (Å²) in [5.41, 5.74) is 8.13. The molecule has 3 N–H and O–H groups in total. The van der Waals surface area contributed by atoms with Crippen molar-refractivity contribution in [2.75, 3.05) is 12.8 Å². The van der Waals surface area contributed by atoms with Crippen molar-refractivity contribution in [3.63, 3.8) is 0 Å². The van der Waals surface area contributed by atoms with E-state index in [1.165, 1.54) is 6.07 Å². The zero-order valence-electron chi connectivity index (χ0n) is 11.4. The second-order valence-corrected chi connectivity index (χ2v) is 6.82. The molecule has 0 radical (unpaired) electrons. The minimum absolute atomic E-state index is 0.0437. The van der Waals surface area contributed by atoms with Gasteiger partial charge in [-0.15, -0.1) is 0 Å². The van der Waals surface area contributed by atoms with Crippen LogP contribution in [-0.2, 0) is 14.8 Å². The summed E-state index contributed by atoms with van der Waals surface area (Å²) >= 11 is 0. The summed E-state index contributed by atoms with van der Waals surface area (Å²) in [6, 6.07) is 3.12. The van der Waals surface area contributed by atoms with Crippen molar-refractivity contribution < 1.29 is 13.2 Å². The lowest BCUT2D eigenvalue weighted by molar-refractivity contribution is 0.0236. The van der Waals surface area contributed by atoms with Gasteiger partial charge in [-0.3, -0.25) is 0 Å². The Bertz CT molecular complexity index is 555. The van der Waals surface area contributed by atoms with Crippen LogP contribution in [0.15, 0.2) is 17.0 Å². The highest BCUT2D eigenvalue weighted by Gasteiger charge is 2.32. The molecule has 5 nitrogen and oxygen atoms in total. The molecule has 2 rings (SSSR count). The molecule has 1 aromatic carbocycles. The van der Waals surface area contributed by atoms with Crippen molar-refractivity contribution >= 4 is 15.7 Å². The number of sulfonamides is 1. The molecule has 0 spiro atoms. The molecule has 1 aliphatic rings. The van der Waals surface area contributed by atoms with E-state index < -0.39 is 10.0 Å². The standard InChI is InChI=1S/C13H20N2O3S/c1-8-4-12(7-13(14)9(8)2)19(16,17)15-10-5-11(6-10)18-3/h4,7,10-11,15H,5-6,14H2,1-3H3. The van der Waals surface area contributed by atoms with E-state index in [1.807, 2.05) is 13.8 Å². The fourth-order valence-electron chi connectivity index (χ4n) is 2.15. The summed E-state index contributed by atoms with van der Waals surface area (Å²) in [7, 11) is -1.86. The molecule has 0 bridgehead atoms. The van der Waals surface area contributed by atoms with Crippen LogP contribution in [0.5, 0.6) is 0 Å². The molecule has 1 fully saturated rings. The van der Waals surface area contributed by atoms with Crippen molar-refractivity contribution in [3.8, 4) is 0 Å². The first-order chi connectivity index (χ1) is 8.83. The predicted molar refractivity (Wildman–Crippen MR) is 74.5 cm³/mol. The number of hydrogen-bond acceptors (Lipinski definition) is 4. The Balaban J connectivity index is 2.16. The second-order valence-electron chi connectivity index (χ2n) is 5.10. The Kier molecular flexibility index (Phi) is 3.85. The summed E-state index contributed by atoms with van der Waals surface area (Å²) < 4.78 is 32.3. The molecule has 0 saturated heterocycles. The number of methoxy groups -OCH3 is 1. The number of nitrogen functional groups attached to an aromatic ring is 1. The Morgan fingerprint density at radius 3 is 2.47 bits per heavy atom. The molecule has 1 aromatic rings. The van der Waals surface area contributed by atoms with E-state index in [0.29, 0.717) is 5.69 Å². The van der Waals surface area contributed by atoms with Gasteiger partial charge < -0.3 is 10.5 Å². The molecule has 0 atom stereocenters. The third kappa shape index (κ3) is 2.91. The lowest BCUT2D eigenvalue weighted by Gasteiger charge is -2.34. The predicted octanol–water partition coefficient (Wildman–Crippen LogP) is 1.34. The minimum Gasteiger partial charge on any atom is -0.398 e. The first-order valence-electron chi connectivity index (χ1n) is 6.25. The number of hydrogen-bond donors (Lipinski definition) is 2. The second kappa shape index (κ2) is 5.11. The molecule has 0 heterocycles. The monoisotopic (exact) mass is 284 g/mol. The maximum Gasteiger partial charge on any atom is 0.240 e. The van der Waals surface area contributed by atoms with Crippen LogP contribution >= 0.6 is 0 Å². The molecule has 0 aromatic heterocycles. The van der Waals surface area contributed by atoms with Crippen molar-refractivity contribution in [1.29, 1.82) is 0 Å². The molecule has 0 unspecified atom stereocenters. The molecule has 19 heavy (non-hydrogen) atoms. The molecule has 0 amide bonds. The van der Waals surface area contributed by atoms with Gasteiger partial charge in [-0.2, -0.15) is 0 Å². The molecule has 0 aliphatic heterocycles. The van der Waals surface area contributed by atoms with Crippen LogP contribution < -0.4 is 10.5 Å². The quantitative estimate of drug-likeness (QED) is 0.818. The first-order valence-corrected chi connectivity index (χ1v) is 7.73. The van der Waals surface area contributed by atoms with E-state index in [-0.39, 0.29) is 17.0 Å². The highest BCUT2D eigenvalue weighted by molar-refractivity contribution is 7.89. The zero-order valence-corrected chi connectivity index (χ0v) is 12.3. The Labute approximate surface area is 114 Å². The van der Waals surface area contributed by atoms with E-state index in [1.54, 1.807) is 13.2 Å². The van der Waals surface area contributed by atoms with Crippen LogP contribution in [0.4, 0.5) is 5.69 Å². The summed E-state index contributed by atoms with van der Waals surface area (Å²) in [5.74, 6) is 0. The van der Waals surface area contributed by atoms with Gasteiger partial charge in [0.15, 0.2) is 0 Å². The summed E-state index contributed by atoms with van der Waals surface area (Å²) in [6.45, 7) is 3.73. The van der Waals surface area contributed by atoms with Gasteiger partial charge in [0.25, 0.3) is 0 Å². The summed E-state index contributed by atoms with van der Waals surface area (Å²) in [6.07, 6.45) is 1.60. The van der Waals surface area contributed by atoms with Crippen molar-refractivity contribution in [1.82, 2.24) is 4.72 Å². The number of ether oxygens (including phenoxy) is 1. The van der Waals surface area contributed by atoms with Crippen molar-refractivity contribution in [2.45, 2.75) is 43.7 Å². The smallest absolute Gasteiger partial charge is 0.240 e. The van der Waals surface area contributed by atoms with E-state index >= 15 is 0 Å². The number of benzene rings is 1. The van der Waals surface area contributed by atoms with Gasteiger partial charge in [-0.1, -0.05) is 0 Å². The SMILES string of the molecule is COC1CC(NS(=O)(=O)c2cc(C)c(C)c(N)c2)C1. The third-order valence-electron chi connectivity index (χ3n) is 3.74. The Hall–Kier alpha value is -1.11. The average molecular weight is 284 g/mol. The van der Waals surface area contributed by atoms with Gasteiger partial charge in [-0.25, -0.2) is 13.1 Å². The van der Waals surface area contributed by atoms with Crippen molar-refractivity contribution in [2.24, 2.45) is 0 Å². The molecular formula is C13H20N2O3S. The van der Waals surface area contributed by atoms with Crippen LogP contribution in [0.2, 0.25) is 0 Å². The first kappa shape index (κ1) is 14.3. The Morgan fingerprint density at radius 2 is 1.95 bits per heavy atom. The molecular weight excluding hydrogens is 264 g/mol. The zero-order chi connectivity index (χ0) is 14.2. The fraction of sp³-hybridized carbons (Fsp3) is 0.538. The van der Waals surface area contributed by atoms with E-state index in [9.17, 15) is 8.42 Å². The van der Waals surface area contributed by atoms with Crippen LogP contribution in [0.1, 0.15) is 24.0 Å². The van der Waals surface area contributed by atoms with Gasteiger partial charge in [0.05, 0.1) is 11.0 Å². The van der Waals surface area contributed by atoms with E-state index in [2.05, 4.69) is 4.72 Å². The Morgan fingerprint density at radius 1 is 1.32 bits per heavy atom. The van der Waals surface area contributed by atoms with Gasteiger partial charge in [0.1, 0.15) is 0 Å². The molecule has 6 heteroatoms. The number of aryl methyl sites for hydroxylation is 1. The topological polar surface area (TPSA) is 81.4 Å².